The van der Waals surface area contributed by atoms with Gasteiger partial charge >= 0.3 is 0 Å². The molecule has 0 aliphatic carbocycles. The molecule has 0 spiro atoms. The molecule has 2 aromatic rings. The molecule has 90 valence electrons. The van der Waals surface area contributed by atoms with Crippen LogP contribution in [0.1, 0.15) is 26.4 Å². The number of rotatable bonds is 2. The highest BCUT2D eigenvalue weighted by atomic mass is 79.9. The van der Waals surface area contributed by atoms with E-state index in [1.165, 1.54) is 25.4 Å². The van der Waals surface area contributed by atoms with Gasteiger partial charge in [-0.15, -0.1) is 11.3 Å². The monoisotopic (exact) mass is 436 g/mol. The number of aryl methyl sites for hydroxylation is 2. The predicted octanol–water partition coefficient (Wildman–Crippen LogP) is 6.37. The molecule has 0 saturated carbocycles. The van der Waals surface area contributed by atoms with Crippen LogP contribution in [0.4, 0.5) is 0 Å². The summed E-state index contributed by atoms with van der Waals surface area (Å²) in [5, 5.41) is 0. The first-order valence-corrected chi connectivity index (χ1v) is 8.47. The zero-order valence-corrected chi connectivity index (χ0v) is 15.0. The maximum Gasteiger partial charge on any atom is 0.0738 e. The van der Waals surface area contributed by atoms with E-state index in [1.807, 2.05) is 0 Å². The number of hydrogen-bond donors (Lipinski definition) is 0. The van der Waals surface area contributed by atoms with Gasteiger partial charge in [0.1, 0.15) is 0 Å². The molecule has 1 heterocycles. The lowest BCUT2D eigenvalue weighted by Gasteiger charge is -2.09. The highest BCUT2D eigenvalue weighted by Gasteiger charge is 2.14. The van der Waals surface area contributed by atoms with Crippen molar-refractivity contribution in [2.75, 3.05) is 0 Å². The molecule has 1 aromatic heterocycles. The van der Waals surface area contributed by atoms with Gasteiger partial charge in [0, 0.05) is 9.35 Å². The van der Waals surface area contributed by atoms with Crippen molar-refractivity contribution in [2.45, 2.75) is 18.7 Å². The van der Waals surface area contributed by atoms with E-state index in [4.69, 9.17) is 0 Å². The van der Waals surface area contributed by atoms with Crippen molar-refractivity contribution in [3.63, 3.8) is 0 Å². The standard InChI is InChI=1S/C13H11Br3S/c1-7-5-9(3-4-10(7)14)12(15)11-6-8(2)13(16)17-11/h3-6,12H,1-2H3. The molecule has 0 radical (unpaired) electrons. The van der Waals surface area contributed by atoms with Gasteiger partial charge in [0.15, 0.2) is 0 Å². The first kappa shape index (κ1) is 13.8. The summed E-state index contributed by atoms with van der Waals surface area (Å²) in [6, 6.07) is 8.70. The first-order valence-electron chi connectivity index (χ1n) is 5.15. The van der Waals surface area contributed by atoms with E-state index in [9.17, 15) is 0 Å². The van der Waals surface area contributed by atoms with Gasteiger partial charge in [-0.2, -0.15) is 0 Å². The Hall–Kier alpha value is 0.360. The molecule has 1 atom stereocenters. The summed E-state index contributed by atoms with van der Waals surface area (Å²) in [4.78, 5) is 1.60. The highest BCUT2D eigenvalue weighted by molar-refractivity contribution is 9.11. The zero-order valence-electron chi connectivity index (χ0n) is 9.43. The summed E-state index contributed by atoms with van der Waals surface area (Å²) >= 11 is 12.7. The van der Waals surface area contributed by atoms with Gasteiger partial charge in [0.25, 0.3) is 0 Å². The lowest BCUT2D eigenvalue weighted by molar-refractivity contribution is 1.20. The molecule has 4 heteroatoms. The smallest absolute Gasteiger partial charge is 0.0738 e. The molecule has 0 fully saturated rings. The molecule has 0 aliphatic rings. The lowest BCUT2D eigenvalue weighted by Crippen LogP contribution is -1.90. The van der Waals surface area contributed by atoms with E-state index in [-0.39, 0.29) is 4.83 Å². The average molecular weight is 439 g/mol. The summed E-state index contributed by atoms with van der Waals surface area (Å²) in [7, 11) is 0. The number of hydrogen-bond acceptors (Lipinski definition) is 1. The van der Waals surface area contributed by atoms with Crippen molar-refractivity contribution >= 4 is 59.1 Å². The van der Waals surface area contributed by atoms with Gasteiger partial charge in [-0.3, -0.25) is 0 Å². The Bertz CT molecular complexity index is 526. The minimum absolute atomic E-state index is 0.268. The molecule has 0 nitrogen and oxygen atoms in total. The van der Waals surface area contributed by atoms with Crippen molar-refractivity contribution in [3.8, 4) is 0 Å². The van der Waals surface area contributed by atoms with Gasteiger partial charge in [-0.25, -0.2) is 0 Å². The fraction of sp³-hybridized carbons (Fsp3) is 0.231. The summed E-state index contributed by atoms with van der Waals surface area (Å²) in [6.45, 7) is 4.24. The maximum atomic E-state index is 3.77. The molecule has 1 unspecified atom stereocenters. The molecule has 0 N–H and O–H groups in total. The van der Waals surface area contributed by atoms with Crippen LogP contribution in [0.3, 0.4) is 0 Å². The normalized spacial score (nSPS) is 12.8. The van der Waals surface area contributed by atoms with Crippen LogP contribution in [0, 0.1) is 13.8 Å². The third kappa shape index (κ3) is 3.03. The van der Waals surface area contributed by atoms with Crippen LogP contribution in [0.2, 0.25) is 0 Å². The highest BCUT2D eigenvalue weighted by Crippen LogP contribution is 2.39. The molecule has 0 amide bonds. The second-order valence-corrected chi connectivity index (χ2v) is 8.15. The predicted molar refractivity (Wildman–Crippen MR) is 86.4 cm³/mol. The number of thiophene rings is 1. The number of benzene rings is 1. The van der Waals surface area contributed by atoms with Crippen LogP contribution in [-0.4, -0.2) is 0 Å². The van der Waals surface area contributed by atoms with Crippen LogP contribution in [-0.2, 0) is 0 Å². The molecular weight excluding hydrogens is 428 g/mol. The topological polar surface area (TPSA) is 0 Å². The Kier molecular flexibility index (Phi) is 4.50. The van der Waals surface area contributed by atoms with E-state index >= 15 is 0 Å². The SMILES string of the molecule is Cc1cc(C(Br)c2cc(C)c(Br)s2)ccc1Br. The Morgan fingerprint density at radius 3 is 2.29 bits per heavy atom. The van der Waals surface area contributed by atoms with Gasteiger partial charge in [-0.1, -0.05) is 44.0 Å². The Labute approximate surface area is 131 Å². The fourth-order valence-electron chi connectivity index (χ4n) is 1.60. The molecular formula is C13H11Br3S. The van der Waals surface area contributed by atoms with Gasteiger partial charge in [0.2, 0.25) is 0 Å². The van der Waals surface area contributed by atoms with Crippen LogP contribution in [0.15, 0.2) is 32.5 Å². The summed E-state index contributed by atoms with van der Waals surface area (Å²) in [5.41, 5.74) is 3.85. The van der Waals surface area contributed by atoms with Crippen LogP contribution < -0.4 is 0 Å². The van der Waals surface area contributed by atoms with Gasteiger partial charge in [-0.05, 0) is 58.6 Å². The summed E-state index contributed by atoms with van der Waals surface area (Å²) in [5.74, 6) is 0. The van der Waals surface area contributed by atoms with Crippen LogP contribution in [0.5, 0.6) is 0 Å². The van der Waals surface area contributed by atoms with E-state index in [0.717, 1.165) is 4.47 Å². The fourth-order valence-corrected chi connectivity index (χ4v) is 4.12. The van der Waals surface area contributed by atoms with Crippen LogP contribution >= 0.6 is 59.1 Å². The molecule has 0 bridgehead atoms. The minimum atomic E-state index is 0.268. The van der Waals surface area contributed by atoms with Crippen molar-refractivity contribution in [2.24, 2.45) is 0 Å². The summed E-state index contributed by atoms with van der Waals surface area (Å²) < 4.78 is 2.37. The second kappa shape index (κ2) is 5.55. The second-order valence-electron chi connectivity index (χ2n) is 3.98. The Morgan fingerprint density at radius 2 is 1.76 bits per heavy atom. The lowest BCUT2D eigenvalue weighted by atomic mass is 10.1. The number of alkyl halides is 1. The van der Waals surface area contributed by atoms with Gasteiger partial charge in [0.05, 0.1) is 8.61 Å². The van der Waals surface area contributed by atoms with Crippen LogP contribution in [0.25, 0.3) is 0 Å². The summed E-state index contributed by atoms with van der Waals surface area (Å²) in [6.07, 6.45) is 0. The van der Waals surface area contributed by atoms with Crippen molar-refractivity contribution in [3.05, 3.63) is 54.1 Å². The van der Waals surface area contributed by atoms with Crippen molar-refractivity contribution < 1.29 is 0 Å². The third-order valence-corrected chi connectivity index (χ3v) is 7.02. The minimum Gasteiger partial charge on any atom is -0.131 e. The van der Waals surface area contributed by atoms with E-state index < -0.39 is 0 Å². The Balaban J connectivity index is 2.36. The zero-order chi connectivity index (χ0) is 12.6. The molecule has 17 heavy (non-hydrogen) atoms. The Morgan fingerprint density at radius 1 is 1.06 bits per heavy atom. The molecule has 2 rings (SSSR count). The van der Waals surface area contributed by atoms with Gasteiger partial charge < -0.3 is 0 Å². The number of halogens is 3. The first-order chi connectivity index (χ1) is 7.99. The van der Waals surface area contributed by atoms with E-state index in [2.05, 4.69) is 85.9 Å². The quantitative estimate of drug-likeness (QED) is 0.477. The largest absolute Gasteiger partial charge is 0.131 e. The molecule has 1 aromatic carbocycles. The van der Waals surface area contributed by atoms with Crippen molar-refractivity contribution in [1.29, 1.82) is 0 Å². The van der Waals surface area contributed by atoms with E-state index in [1.54, 1.807) is 11.3 Å². The third-order valence-electron chi connectivity index (χ3n) is 2.60. The maximum absolute atomic E-state index is 3.77. The molecule has 0 saturated heterocycles. The molecule has 0 aliphatic heterocycles. The van der Waals surface area contributed by atoms with E-state index in [0.29, 0.717) is 0 Å². The average Bonchev–Trinajstić information content (AvgIpc) is 2.62. The van der Waals surface area contributed by atoms with Crippen molar-refractivity contribution in [1.82, 2.24) is 0 Å².